The summed E-state index contributed by atoms with van der Waals surface area (Å²) in [6.07, 6.45) is 2.32. The third-order valence-corrected chi connectivity index (χ3v) is 5.49. The second-order valence-corrected chi connectivity index (χ2v) is 7.44. The predicted octanol–water partition coefficient (Wildman–Crippen LogP) is 4.37. The fourth-order valence-electron chi connectivity index (χ4n) is 3.10. The lowest BCUT2D eigenvalue weighted by Gasteiger charge is -2.37. The van der Waals surface area contributed by atoms with Gasteiger partial charge in [0, 0.05) is 0 Å². The standard InChI is InChI=1S/C18H25BO2/c1-13(19-20-17(2,3)18(4,5)21-19)15-11-16(12-15)14-9-7-6-8-10-14/h6-10,15-16H,1,11-12H2,2-5H3. The smallest absolute Gasteiger partial charge is 0.400 e. The maximum Gasteiger partial charge on any atom is 0.490 e. The minimum atomic E-state index is -0.275. The molecule has 1 aliphatic heterocycles. The van der Waals surface area contributed by atoms with Crippen molar-refractivity contribution in [1.29, 1.82) is 0 Å². The minimum Gasteiger partial charge on any atom is -0.400 e. The van der Waals surface area contributed by atoms with E-state index in [9.17, 15) is 0 Å². The van der Waals surface area contributed by atoms with E-state index < -0.39 is 0 Å². The van der Waals surface area contributed by atoms with E-state index in [4.69, 9.17) is 9.31 Å². The van der Waals surface area contributed by atoms with Crippen LogP contribution in [0, 0.1) is 5.92 Å². The summed E-state index contributed by atoms with van der Waals surface area (Å²) in [6.45, 7) is 12.6. The van der Waals surface area contributed by atoms with Crippen LogP contribution in [0.15, 0.2) is 42.4 Å². The largest absolute Gasteiger partial charge is 0.490 e. The van der Waals surface area contributed by atoms with Gasteiger partial charge in [-0.05, 0) is 63.4 Å². The fourth-order valence-corrected chi connectivity index (χ4v) is 3.10. The van der Waals surface area contributed by atoms with Crippen LogP contribution in [-0.4, -0.2) is 18.3 Å². The highest BCUT2D eigenvalue weighted by Gasteiger charge is 2.53. The lowest BCUT2D eigenvalue weighted by molar-refractivity contribution is 0.00578. The van der Waals surface area contributed by atoms with Crippen molar-refractivity contribution in [2.24, 2.45) is 5.92 Å². The highest BCUT2D eigenvalue weighted by Crippen LogP contribution is 2.48. The Bertz CT molecular complexity index is 513. The van der Waals surface area contributed by atoms with Crippen molar-refractivity contribution in [1.82, 2.24) is 0 Å². The molecule has 112 valence electrons. The van der Waals surface area contributed by atoms with Crippen molar-refractivity contribution in [3.63, 3.8) is 0 Å². The zero-order chi connectivity index (χ0) is 15.3. The van der Waals surface area contributed by atoms with Gasteiger partial charge in [-0.2, -0.15) is 0 Å². The number of hydrogen-bond donors (Lipinski definition) is 0. The normalized spacial score (nSPS) is 30.0. The highest BCUT2D eigenvalue weighted by molar-refractivity contribution is 6.54. The quantitative estimate of drug-likeness (QED) is 0.767. The first-order valence-corrected chi connectivity index (χ1v) is 7.89. The zero-order valence-electron chi connectivity index (χ0n) is 13.6. The van der Waals surface area contributed by atoms with Crippen LogP contribution in [0.3, 0.4) is 0 Å². The topological polar surface area (TPSA) is 18.5 Å². The average molecular weight is 284 g/mol. The minimum absolute atomic E-state index is 0.253. The highest BCUT2D eigenvalue weighted by atomic mass is 16.7. The molecule has 2 aliphatic rings. The van der Waals surface area contributed by atoms with Gasteiger partial charge in [0.1, 0.15) is 0 Å². The first-order chi connectivity index (χ1) is 9.80. The molecule has 0 aromatic heterocycles. The molecule has 2 fully saturated rings. The Labute approximate surface area is 128 Å². The zero-order valence-corrected chi connectivity index (χ0v) is 13.6. The van der Waals surface area contributed by atoms with Crippen LogP contribution in [0.2, 0.25) is 0 Å². The Morgan fingerprint density at radius 3 is 2.10 bits per heavy atom. The lowest BCUT2D eigenvalue weighted by atomic mass is 9.59. The molecule has 1 saturated heterocycles. The molecule has 1 saturated carbocycles. The molecule has 1 aromatic carbocycles. The van der Waals surface area contributed by atoms with E-state index in [2.05, 4.69) is 64.6 Å². The van der Waals surface area contributed by atoms with Gasteiger partial charge in [0.05, 0.1) is 11.2 Å². The van der Waals surface area contributed by atoms with Gasteiger partial charge in [-0.1, -0.05) is 30.3 Å². The van der Waals surface area contributed by atoms with Crippen molar-refractivity contribution in [2.45, 2.75) is 57.7 Å². The van der Waals surface area contributed by atoms with E-state index in [1.165, 1.54) is 5.56 Å². The summed E-state index contributed by atoms with van der Waals surface area (Å²) in [5, 5.41) is 0. The Kier molecular flexibility index (Phi) is 3.54. The molecule has 0 spiro atoms. The van der Waals surface area contributed by atoms with Gasteiger partial charge in [0.25, 0.3) is 0 Å². The molecule has 0 bridgehead atoms. The molecule has 0 radical (unpaired) electrons. The first kappa shape index (κ1) is 14.9. The van der Waals surface area contributed by atoms with Crippen LogP contribution in [0.1, 0.15) is 52.0 Å². The van der Waals surface area contributed by atoms with E-state index in [1.807, 2.05) is 0 Å². The number of allylic oxidation sites excluding steroid dienone is 1. The lowest BCUT2D eigenvalue weighted by Crippen LogP contribution is -2.41. The maximum absolute atomic E-state index is 6.10. The molecule has 1 aromatic rings. The Morgan fingerprint density at radius 2 is 1.57 bits per heavy atom. The van der Waals surface area contributed by atoms with Gasteiger partial charge in [0.15, 0.2) is 0 Å². The summed E-state index contributed by atoms with van der Waals surface area (Å²) in [4.78, 5) is 0. The summed E-state index contributed by atoms with van der Waals surface area (Å²) in [6, 6.07) is 10.7. The molecular formula is C18H25BO2. The summed E-state index contributed by atoms with van der Waals surface area (Å²) < 4.78 is 12.2. The van der Waals surface area contributed by atoms with E-state index in [0.29, 0.717) is 11.8 Å². The molecule has 3 rings (SSSR count). The Morgan fingerprint density at radius 1 is 1.05 bits per heavy atom. The molecule has 0 N–H and O–H groups in total. The predicted molar refractivity (Wildman–Crippen MR) is 87.1 cm³/mol. The molecule has 3 heteroatoms. The Hall–Kier alpha value is -1.06. The van der Waals surface area contributed by atoms with Crippen LogP contribution in [0.4, 0.5) is 0 Å². The van der Waals surface area contributed by atoms with Gasteiger partial charge < -0.3 is 9.31 Å². The van der Waals surface area contributed by atoms with Gasteiger partial charge in [0.2, 0.25) is 0 Å². The molecular weight excluding hydrogens is 259 g/mol. The van der Waals surface area contributed by atoms with Crippen molar-refractivity contribution in [2.75, 3.05) is 0 Å². The van der Waals surface area contributed by atoms with Crippen LogP contribution in [-0.2, 0) is 9.31 Å². The monoisotopic (exact) mass is 284 g/mol. The van der Waals surface area contributed by atoms with Crippen molar-refractivity contribution >= 4 is 7.12 Å². The van der Waals surface area contributed by atoms with Crippen LogP contribution in [0.5, 0.6) is 0 Å². The number of rotatable bonds is 3. The molecule has 0 atom stereocenters. The molecule has 0 amide bonds. The molecule has 1 aliphatic carbocycles. The third kappa shape index (κ3) is 2.58. The fraction of sp³-hybridized carbons (Fsp3) is 0.556. The summed E-state index contributed by atoms with van der Waals surface area (Å²) in [7, 11) is -0.253. The average Bonchev–Trinajstić information content (AvgIpc) is 2.58. The van der Waals surface area contributed by atoms with Crippen molar-refractivity contribution in [3.05, 3.63) is 47.9 Å². The van der Waals surface area contributed by atoms with Crippen molar-refractivity contribution < 1.29 is 9.31 Å². The molecule has 0 unspecified atom stereocenters. The molecule has 1 heterocycles. The summed E-state index contributed by atoms with van der Waals surface area (Å²) >= 11 is 0. The summed E-state index contributed by atoms with van der Waals surface area (Å²) in [5.74, 6) is 1.18. The molecule has 21 heavy (non-hydrogen) atoms. The van der Waals surface area contributed by atoms with Gasteiger partial charge >= 0.3 is 7.12 Å². The first-order valence-electron chi connectivity index (χ1n) is 7.89. The second kappa shape index (κ2) is 5.00. The number of hydrogen-bond acceptors (Lipinski definition) is 2. The SMILES string of the molecule is C=C(B1OC(C)(C)C(C)(C)O1)C1CC(c2ccccc2)C1. The van der Waals surface area contributed by atoms with Gasteiger partial charge in [-0.25, -0.2) is 0 Å². The second-order valence-electron chi connectivity index (χ2n) is 7.44. The van der Waals surface area contributed by atoms with E-state index in [0.717, 1.165) is 18.3 Å². The summed E-state index contributed by atoms with van der Waals surface area (Å²) in [5.41, 5.74) is 2.00. The van der Waals surface area contributed by atoms with Crippen LogP contribution in [0.25, 0.3) is 0 Å². The van der Waals surface area contributed by atoms with Gasteiger partial charge in [-0.3, -0.25) is 0 Å². The third-order valence-electron chi connectivity index (χ3n) is 5.49. The van der Waals surface area contributed by atoms with Gasteiger partial charge in [-0.15, -0.1) is 6.58 Å². The van der Waals surface area contributed by atoms with E-state index in [-0.39, 0.29) is 18.3 Å². The van der Waals surface area contributed by atoms with E-state index in [1.54, 1.807) is 0 Å². The molecule has 2 nitrogen and oxygen atoms in total. The number of benzene rings is 1. The maximum atomic E-state index is 6.10. The van der Waals surface area contributed by atoms with Crippen LogP contribution < -0.4 is 0 Å². The Balaban J connectivity index is 1.60. The van der Waals surface area contributed by atoms with E-state index >= 15 is 0 Å². The van der Waals surface area contributed by atoms with Crippen molar-refractivity contribution in [3.8, 4) is 0 Å². The van der Waals surface area contributed by atoms with Crippen LogP contribution >= 0.6 is 0 Å².